The monoisotopic (exact) mass is 338 g/mol. The Labute approximate surface area is 137 Å². The molecule has 0 atom stereocenters. The SMILES string of the molecule is CCCCOc1cc(C(=O)O)ccc1-c1ccccc1C(F)(F)F. The van der Waals surface area contributed by atoms with Crippen molar-refractivity contribution in [2.24, 2.45) is 0 Å². The fraction of sp³-hybridized carbons (Fsp3) is 0.278. The van der Waals surface area contributed by atoms with Crippen LogP contribution in [-0.4, -0.2) is 17.7 Å². The molecule has 0 spiro atoms. The number of alkyl halides is 3. The Morgan fingerprint density at radius 3 is 2.46 bits per heavy atom. The molecule has 0 aliphatic rings. The molecular formula is C18H17F3O3. The first kappa shape index (κ1) is 17.8. The van der Waals surface area contributed by atoms with E-state index in [1.807, 2.05) is 6.92 Å². The van der Waals surface area contributed by atoms with E-state index < -0.39 is 17.7 Å². The van der Waals surface area contributed by atoms with Crippen LogP contribution in [0.2, 0.25) is 0 Å². The standard InChI is InChI=1S/C18H17F3O3/c1-2-3-10-24-16-11-12(17(22)23)8-9-14(16)13-6-4-5-7-15(13)18(19,20)21/h4-9,11H,2-3,10H2,1H3,(H,22,23). The lowest BCUT2D eigenvalue weighted by Gasteiger charge is -2.17. The molecule has 6 heteroatoms. The number of halogens is 3. The summed E-state index contributed by atoms with van der Waals surface area (Å²) >= 11 is 0. The fourth-order valence-corrected chi connectivity index (χ4v) is 2.29. The van der Waals surface area contributed by atoms with Crippen LogP contribution in [-0.2, 0) is 6.18 Å². The van der Waals surface area contributed by atoms with Crippen LogP contribution in [0.3, 0.4) is 0 Å². The fourth-order valence-electron chi connectivity index (χ4n) is 2.29. The van der Waals surface area contributed by atoms with Gasteiger partial charge in [-0.25, -0.2) is 4.79 Å². The van der Waals surface area contributed by atoms with Gasteiger partial charge in [0.05, 0.1) is 17.7 Å². The van der Waals surface area contributed by atoms with Gasteiger partial charge in [0.15, 0.2) is 0 Å². The second kappa shape index (κ2) is 7.38. The Hall–Kier alpha value is -2.50. The number of carboxylic acid groups (broad SMARTS) is 1. The second-order valence-corrected chi connectivity index (χ2v) is 5.26. The minimum Gasteiger partial charge on any atom is -0.493 e. The van der Waals surface area contributed by atoms with Crippen LogP contribution in [0.1, 0.15) is 35.7 Å². The van der Waals surface area contributed by atoms with Gasteiger partial charge in [-0.15, -0.1) is 0 Å². The van der Waals surface area contributed by atoms with Gasteiger partial charge in [-0.05, 0) is 36.2 Å². The lowest BCUT2D eigenvalue weighted by atomic mass is 9.97. The third-order valence-corrected chi connectivity index (χ3v) is 3.51. The largest absolute Gasteiger partial charge is 0.493 e. The van der Waals surface area contributed by atoms with E-state index in [4.69, 9.17) is 9.84 Å². The van der Waals surface area contributed by atoms with Gasteiger partial charge in [-0.3, -0.25) is 0 Å². The number of unbranched alkanes of at least 4 members (excludes halogenated alkanes) is 1. The van der Waals surface area contributed by atoms with E-state index in [0.717, 1.165) is 18.9 Å². The number of rotatable bonds is 6. The molecule has 0 unspecified atom stereocenters. The Kier molecular flexibility index (Phi) is 5.49. The molecule has 2 rings (SSSR count). The molecule has 0 heterocycles. The summed E-state index contributed by atoms with van der Waals surface area (Å²) in [6, 6.07) is 9.07. The maximum absolute atomic E-state index is 13.2. The van der Waals surface area contributed by atoms with Crippen LogP contribution in [0.4, 0.5) is 13.2 Å². The molecule has 24 heavy (non-hydrogen) atoms. The third kappa shape index (κ3) is 4.07. The number of carbonyl (C=O) groups is 1. The first-order valence-corrected chi connectivity index (χ1v) is 7.51. The highest BCUT2D eigenvalue weighted by molar-refractivity contribution is 5.90. The van der Waals surface area contributed by atoms with E-state index in [9.17, 15) is 18.0 Å². The van der Waals surface area contributed by atoms with E-state index in [-0.39, 0.29) is 22.4 Å². The minimum absolute atomic E-state index is 0.0326. The first-order valence-electron chi connectivity index (χ1n) is 7.51. The molecule has 2 aromatic carbocycles. The van der Waals surface area contributed by atoms with Crippen molar-refractivity contribution < 1.29 is 27.8 Å². The highest BCUT2D eigenvalue weighted by Gasteiger charge is 2.34. The maximum Gasteiger partial charge on any atom is 0.417 e. The summed E-state index contributed by atoms with van der Waals surface area (Å²) < 4.78 is 45.3. The van der Waals surface area contributed by atoms with Crippen molar-refractivity contribution in [1.29, 1.82) is 0 Å². The average Bonchev–Trinajstić information content (AvgIpc) is 2.54. The summed E-state index contributed by atoms with van der Waals surface area (Å²) in [6.07, 6.45) is -2.94. The van der Waals surface area contributed by atoms with Crippen molar-refractivity contribution in [2.75, 3.05) is 6.61 Å². The predicted molar refractivity (Wildman–Crippen MR) is 84.2 cm³/mol. The van der Waals surface area contributed by atoms with E-state index in [1.165, 1.54) is 36.4 Å². The average molecular weight is 338 g/mol. The van der Waals surface area contributed by atoms with E-state index >= 15 is 0 Å². The topological polar surface area (TPSA) is 46.5 Å². The van der Waals surface area contributed by atoms with Gasteiger partial charge in [-0.1, -0.05) is 31.5 Å². The number of hydrogen-bond donors (Lipinski definition) is 1. The van der Waals surface area contributed by atoms with E-state index in [0.29, 0.717) is 6.61 Å². The summed E-state index contributed by atoms with van der Waals surface area (Å²) in [5.74, 6) is -1.02. The minimum atomic E-state index is -4.51. The first-order chi connectivity index (χ1) is 11.3. The number of hydrogen-bond acceptors (Lipinski definition) is 2. The zero-order valence-corrected chi connectivity index (χ0v) is 13.1. The third-order valence-electron chi connectivity index (χ3n) is 3.51. The van der Waals surface area contributed by atoms with Gasteiger partial charge in [-0.2, -0.15) is 13.2 Å². The van der Waals surface area contributed by atoms with Gasteiger partial charge in [0.25, 0.3) is 0 Å². The summed E-state index contributed by atoms with van der Waals surface area (Å²) in [5.41, 5.74) is -0.624. The van der Waals surface area contributed by atoms with Crippen LogP contribution in [0, 0.1) is 0 Å². The van der Waals surface area contributed by atoms with Crippen LogP contribution >= 0.6 is 0 Å². The molecule has 0 amide bonds. The van der Waals surface area contributed by atoms with Gasteiger partial charge in [0.1, 0.15) is 5.75 Å². The van der Waals surface area contributed by atoms with Crippen molar-refractivity contribution >= 4 is 5.97 Å². The van der Waals surface area contributed by atoms with Gasteiger partial charge >= 0.3 is 12.1 Å². The Morgan fingerprint density at radius 2 is 1.83 bits per heavy atom. The highest BCUT2D eigenvalue weighted by Crippen LogP contribution is 2.40. The molecule has 3 nitrogen and oxygen atoms in total. The van der Waals surface area contributed by atoms with Crippen LogP contribution in [0.25, 0.3) is 11.1 Å². The maximum atomic E-state index is 13.2. The highest BCUT2D eigenvalue weighted by atomic mass is 19.4. The van der Waals surface area contributed by atoms with Crippen molar-refractivity contribution in [3.63, 3.8) is 0 Å². The molecule has 1 N–H and O–H groups in total. The van der Waals surface area contributed by atoms with Gasteiger partial charge in [0, 0.05) is 5.56 Å². The molecule has 2 aromatic rings. The number of benzene rings is 2. The molecule has 0 aliphatic heterocycles. The van der Waals surface area contributed by atoms with E-state index in [1.54, 1.807) is 0 Å². The Bertz CT molecular complexity index is 724. The normalized spacial score (nSPS) is 11.3. The summed E-state index contributed by atoms with van der Waals surface area (Å²) in [6.45, 7) is 2.26. The zero-order valence-electron chi connectivity index (χ0n) is 13.1. The van der Waals surface area contributed by atoms with Crippen LogP contribution in [0.5, 0.6) is 5.75 Å². The molecule has 0 aliphatic carbocycles. The van der Waals surface area contributed by atoms with Crippen LogP contribution < -0.4 is 4.74 Å². The Morgan fingerprint density at radius 1 is 1.12 bits per heavy atom. The second-order valence-electron chi connectivity index (χ2n) is 5.26. The smallest absolute Gasteiger partial charge is 0.417 e. The van der Waals surface area contributed by atoms with Crippen molar-refractivity contribution in [3.8, 4) is 16.9 Å². The summed E-state index contributed by atoms with van der Waals surface area (Å²) in [5, 5.41) is 9.09. The summed E-state index contributed by atoms with van der Waals surface area (Å²) in [7, 11) is 0. The molecule has 128 valence electrons. The van der Waals surface area contributed by atoms with Gasteiger partial charge < -0.3 is 9.84 Å². The molecule has 0 saturated heterocycles. The van der Waals surface area contributed by atoms with E-state index in [2.05, 4.69) is 0 Å². The lowest BCUT2D eigenvalue weighted by Crippen LogP contribution is -2.08. The zero-order chi connectivity index (χ0) is 17.7. The number of ether oxygens (including phenoxy) is 1. The molecule has 0 saturated carbocycles. The molecular weight excluding hydrogens is 321 g/mol. The molecule has 0 aromatic heterocycles. The quantitative estimate of drug-likeness (QED) is 0.732. The molecule has 0 fully saturated rings. The van der Waals surface area contributed by atoms with Crippen molar-refractivity contribution in [1.82, 2.24) is 0 Å². The van der Waals surface area contributed by atoms with Crippen molar-refractivity contribution in [2.45, 2.75) is 25.9 Å². The van der Waals surface area contributed by atoms with Gasteiger partial charge in [0.2, 0.25) is 0 Å². The summed E-state index contributed by atoms with van der Waals surface area (Å²) in [4.78, 5) is 11.1. The lowest BCUT2D eigenvalue weighted by molar-refractivity contribution is -0.137. The number of carboxylic acids is 1. The van der Waals surface area contributed by atoms with Crippen LogP contribution in [0.15, 0.2) is 42.5 Å². The Balaban J connectivity index is 2.55. The molecule has 0 bridgehead atoms. The molecule has 0 radical (unpaired) electrons. The number of aromatic carboxylic acids is 1. The van der Waals surface area contributed by atoms with Crippen molar-refractivity contribution in [3.05, 3.63) is 53.6 Å². The predicted octanol–water partition coefficient (Wildman–Crippen LogP) is 5.25.